The molecule has 0 bridgehead atoms. The number of imidazole rings is 1. The van der Waals surface area contributed by atoms with Gasteiger partial charge in [0.2, 0.25) is 0 Å². The van der Waals surface area contributed by atoms with Crippen molar-refractivity contribution in [3.05, 3.63) is 29.6 Å². The number of hydrogen-bond donors (Lipinski definition) is 1. The lowest BCUT2D eigenvalue weighted by Gasteiger charge is -2.07. The summed E-state index contributed by atoms with van der Waals surface area (Å²) in [6, 6.07) is 6.62. The van der Waals surface area contributed by atoms with Crippen LogP contribution in [-0.2, 0) is 19.4 Å². The minimum atomic E-state index is 0.663. The largest absolute Gasteiger partial charge is 0.330 e. The van der Waals surface area contributed by atoms with Gasteiger partial charge in [-0.25, -0.2) is 4.98 Å². The van der Waals surface area contributed by atoms with Crippen LogP contribution in [0.25, 0.3) is 11.0 Å². The standard InChI is InChI=1S/C15H23N3/c1-3-5-10-18-14-7-6-12(4-2)11-13(14)17-15(18)8-9-16/h6-7,11H,3-5,8-10,16H2,1-2H3. The lowest BCUT2D eigenvalue weighted by molar-refractivity contribution is 0.615. The third-order valence-electron chi connectivity index (χ3n) is 3.40. The number of benzene rings is 1. The van der Waals surface area contributed by atoms with E-state index in [4.69, 9.17) is 10.7 Å². The molecule has 2 rings (SSSR count). The normalized spacial score (nSPS) is 11.3. The molecule has 0 amide bonds. The first-order valence-corrected chi connectivity index (χ1v) is 6.98. The van der Waals surface area contributed by atoms with Crippen molar-refractivity contribution >= 4 is 11.0 Å². The molecule has 2 N–H and O–H groups in total. The highest BCUT2D eigenvalue weighted by Gasteiger charge is 2.09. The molecule has 3 nitrogen and oxygen atoms in total. The van der Waals surface area contributed by atoms with Crippen LogP contribution in [0.5, 0.6) is 0 Å². The van der Waals surface area contributed by atoms with Crippen LogP contribution in [0.3, 0.4) is 0 Å². The average molecular weight is 245 g/mol. The van der Waals surface area contributed by atoms with Crippen molar-refractivity contribution in [2.75, 3.05) is 6.54 Å². The summed E-state index contributed by atoms with van der Waals surface area (Å²) in [7, 11) is 0. The van der Waals surface area contributed by atoms with Gasteiger partial charge in [0.1, 0.15) is 5.82 Å². The van der Waals surface area contributed by atoms with Crippen molar-refractivity contribution in [2.24, 2.45) is 5.73 Å². The topological polar surface area (TPSA) is 43.8 Å². The van der Waals surface area contributed by atoms with Crippen molar-refractivity contribution in [1.82, 2.24) is 9.55 Å². The molecule has 0 saturated heterocycles. The van der Waals surface area contributed by atoms with E-state index in [1.54, 1.807) is 0 Å². The molecule has 2 aromatic rings. The molecule has 98 valence electrons. The highest BCUT2D eigenvalue weighted by Crippen LogP contribution is 2.19. The van der Waals surface area contributed by atoms with Crippen LogP contribution in [0.1, 0.15) is 38.1 Å². The van der Waals surface area contributed by atoms with E-state index >= 15 is 0 Å². The van der Waals surface area contributed by atoms with Gasteiger partial charge in [-0.15, -0.1) is 0 Å². The summed E-state index contributed by atoms with van der Waals surface area (Å²) < 4.78 is 2.34. The van der Waals surface area contributed by atoms with Crippen LogP contribution in [0.4, 0.5) is 0 Å². The molecule has 0 unspecified atom stereocenters. The minimum absolute atomic E-state index is 0.663. The van der Waals surface area contributed by atoms with Crippen LogP contribution < -0.4 is 5.73 Å². The van der Waals surface area contributed by atoms with Crippen molar-refractivity contribution in [3.63, 3.8) is 0 Å². The number of nitrogens with zero attached hydrogens (tertiary/aromatic N) is 2. The molecule has 1 aromatic carbocycles. The zero-order valence-corrected chi connectivity index (χ0v) is 11.4. The van der Waals surface area contributed by atoms with Gasteiger partial charge in [-0.1, -0.05) is 26.3 Å². The number of nitrogens with two attached hydrogens (primary N) is 1. The molecule has 0 atom stereocenters. The number of fused-ring (bicyclic) bond motifs is 1. The predicted octanol–water partition coefficient (Wildman–Crippen LogP) is 2.90. The summed E-state index contributed by atoms with van der Waals surface area (Å²) in [5, 5.41) is 0. The number of rotatable bonds is 6. The number of unbranched alkanes of at least 4 members (excludes halogenated alkanes) is 1. The lowest BCUT2D eigenvalue weighted by Crippen LogP contribution is -2.10. The van der Waals surface area contributed by atoms with Gasteiger partial charge in [-0.3, -0.25) is 0 Å². The smallest absolute Gasteiger partial charge is 0.111 e. The Bertz CT molecular complexity index is 514. The number of aryl methyl sites for hydroxylation is 2. The van der Waals surface area contributed by atoms with Crippen molar-refractivity contribution in [1.29, 1.82) is 0 Å². The van der Waals surface area contributed by atoms with Crippen LogP contribution in [-0.4, -0.2) is 16.1 Å². The van der Waals surface area contributed by atoms with Crippen molar-refractivity contribution < 1.29 is 0 Å². The fraction of sp³-hybridized carbons (Fsp3) is 0.533. The van der Waals surface area contributed by atoms with E-state index in [1.165, 1.54) is 23.9 Å². The molecule has 0 saturated carbocycles. The van der Waals surface area contributed by atoms with Crippen LogP contribution >= 0.6 is 0 Å². The molecule has 0 aliphatic carbocycles. The summed E-state index contributed by atoms with van der Waals surface area (Å²) in [4.78, 5) is 4.75. The van der Waals surface area contributed by atoms with Crippen molar-refractivity contribution in [2.45, 2.75) is 46.1 Å². The molecule has 1 aromatic heterocycles. The Morgan fingerprint density at radius 2 is 2.11 bits per heavy atom. The second kappa shape index (κ2) is 6.01. The molecule has 0 radical (unpaired) electrons. The van der Waals surface area contributed by atoms with Gasteiger partial charge in [0.05, 0.1) is 11.0 Å². The molecular weight excluding hydrogens is 222 g/mol. The third kappa shape index (κ3) is 2.56. The van der Waals surface area contributed by atoms with E-state index in [0.29, 0.717) is 6.54 Å². The van der Waals surface area contributed by atoms with Gasteiger partial charge in [-0.2, -0.15) is 0 Å². The van der Waals surface area contributed by atoms with Crippen molar-refractivity contribution in [3.8, 4) is 0 Å². The van der Waals surface area contributed by atoms with E-state index in [9.17, 15) is 0 Å². The maximum Gasteiger partial charge on any atom is 0.111 e. The Hall–Kier alpha value is -1.35. The highest BCUT2D eigenvalue weighted by molar-refractivity contribution is 5.77. The summed E-state index contributed by atoms with van der Waals surface area (Å²) >= 11 is 0. The summed E-state index contributed by atoms with van der Waals surface area (Å²) in [5.74, 6) is 1.13. The number of hydrogen-bond acceptors (Lipinski definition) is 2. The third-order valence-corrected chi connectivity index (χ3v) is 3.40. The average Bonchev–Trinajstić information content (AvgIpc) is 2.73. The zero-order valence-electron chi connectivity index (χ0n) is 11.4. The fourth-order valence-electron chi connectivity index (χ4n) is 2.33. The summed E-state index contributed by atoms with van der Waals surface area (Å²) in [5.41, 5.74) is 9.40. The second-order valence-electron chi connectivity index (χ2n) is 4.75. The van der Waals surface area contributed by atoms with Gasteiger partial charge in [0.25, 0.3) is 0 Å². The minimum Gasteiger partial charge on any atom is -0.330 e. The van der Waals surface area contributed by atoms with E-state index in [2.05, 4.69) is 36.6 Å². The highest BCUT2D eigenvalue weighted by atomic mass is 15.1. The maximum atomic E-state index is 5.68. The summed E-state index contributed by atoms with van der Waals surface area (Å²) in [6.45, 7) is 6.11. The van der Waals surface area contributed by atoms with E-state index in [0.717, 1.165) is 30.7 Å². The Kier molecular flexibility index (Phi) is 4.37. The molecule has 18 heavy (non-hydrogen) atoms. The summed E-state index contributed by atoms with van der Waals surface area (Å²) in [6.07, 6.45) is 4.32. The van der Waals surface area contributed by atoms with Gasteiger partial charge in [-0.05, 0) is 37.1 Å². The maximum absolute atomic E-state index is 5.68. The Labute approximate surface area is 109 Å². The van der Waals surface area contributed by atoms with Gasteiger partial charge < -0.3 is 10.3 Å². The number of aromatic nitrogens is 2. The molecule has 1 heterocycles. The molecule has 0 fully saturated rings. The zero-order chi connectivity index (χ0) is 13.0. The van der Waals surface area contributed by atoms with E-state index in [-0.39, 0.29) is 0 Å². The first kappa shape index (κ1) is 13.1. The molecule has 0 spiro atoms. The van der Waals surface area contributed by atoms with Crippen LogP contribution in [0.15, 0.2) is 18.2 Å². The van der Waals surface area contributed by atoms with Gasteiger partial charge >= 0.3 is 0 Å². The SMILES string of the molecule is CCCCn1c(CCN)nc2cc(CC)ccc21. The monoisotopic (exact) mass is 245 g/mol. The lowest BCUT2D eigenvalue weighted by atomic mass is 10.1. The van der Waals surface area contributed by atoms with Gasteiger partial charge in [0.15, 0.2) is 0 Å². The molecule has 3 heteroatoms. The van der Waals surface area contributed by atoms with E-state index in [1.807, 2.05) is 0 Å². The quantitative estimate of drug-likeness (QED) is 0.850. The fourth-order valence-corrected chi connectivity index (χ4v) is 2.33. The Morgan fingerprint density at radius 3 is 2.78 bits per heavy atom. The second-order valence-corrected chi connectivity index (χ2v) is 4.75. The van der Waals surface area contributed by atoms with Gasteiger partial charge in [0, 0.05) is 13.0 Å². The molecule has 0 aliphatic heterocycles. The van der Waals surface area contributed by atoms with E-state index < -0.39 is 0 Å². The molecule has 0 aliphatic rings. The molecular formula is C15H23N3. The predicted molar refractivity (Wildman–Crippen MR) is 76.8 cm³/mol. The van der Waals surface area contributed by atoms with Crippen LogP contribution in [0, 0.1) is 0 Å². The Morgan fingerprint density at radius 1 is 1.28 bits per heavy atom. The van der Waals surface area contributed by atoms with Crippen LogP contribution in [0.2, 0.25) is 0 Å². The Balaban J connectivity index is 2.45. The first-order valence-electron chi connectivity index (χ1n) is 6.98. The first-order chi connectivity index (χ1) is 8.80.